The minimum atomic E-state index is 0.0137. The molecule has 1 heteroatoms. The summed E-state index contributed by atoms with van der Waals surface area (Å²) in [5, 5.41) is 9.69. The third kappa shape index (κ3) is 5.43. The van der Waals surface area contributed by atoms with Crippen LogP contribution in [0.5, 0.6) is 0 Å². The molecule has 6 atom stereocenters. The summed E-state index contributed by atoms with van der Waals surface area (Å²) in [4.78, 5) is 0. The van der Waals surface area contributed by atoms with Crippen LogP contribution in [-0.2, 0) is 0 Å². The Hall–Kier alpha value is -1.29. The SMILES string of the molecule is C=C1/C(=C\C=C2/CCCC3(C)C2CCC3C(C)CCCC(C)(C)C)CCC(CC)C1C#N. The number of fused-ring (bicyclic) bond motifs is 1. The normalized spacial score (nSPS) is 36.8. The zero-order chi connectivity index (χ0) is 23.5. The standard InChI is InChI=1S/C31H49N/c1-8-24-13-14-25(23(3)27(24)21-32)15-16-26-12-10-20-31(7)28(17-18-29(26)31)22(2)11-9-19-30(4,5)6/h15-16,22,24,27-29H,3,8-14,17-20H2,1-2,4-7H3/b25-15-,26-16+. The number of allylic oxidation sites excluding steroid dienone is 5. The van der Waals surface area contributed by atoms with Crippen molar-refractivity contribution in [2.24, 2.45) is 40.4 Å². The summed E-state index contributed by atoms with van der Waals surface area (Å²) in [6.07, 6.45) is 19.0. The maximum atomic E-state index is 9.69. The first-order chi connectivity index (χ1) is 15.1. The average Bonchev–Trinajstić information content (AvgIpc) is 3.09. The van der Waals surface area contributed by atoms with E-state index in [-0.39, 0.29) is 5.92 Å². The Morgan fingerprint density at radius 3 is 2.59 bits per heavy atom. The highest BCUT2D eigenvalue weighted by molar-refractivity contribution is 5.40. The molecule has 3 aliphatic carbocycles. The summed E-state index contributed by atoms with van der Waals surface area (Å²) in [7, 11) is 0. The van der Waals surface area contributed by atoms with Crippen LogP contribution in [-0.4, -0.2) is 0 Å². The second-order valence-corrected chi connectivity index (χ2v) is 12.8. The minimum Gasteiger partial charge on any atom is -0.198 e. The van der Waals surface area contributed by atoms with Gasteiger partial charge in [-0.25, -0.2) is 0 Å². The van der Waals surface area contributed by atoms with E-state index in [1.807, 2.05) is 0 Å². The third-order valence-electron chi connectivity index (χ3n) is 9.52. The van der Waals surface area contributed by atoms with Crippen LogP contribution in [0.4, 0.5) is 0 Å². The molecule has 0 aromatic heterocycles. The quantitative estimate of drug-likeness (QED) is 0.407. The molecule has 0 radical (unpaired) electrons. The van der Waals surface area contributed by atoms with Gasteiger partial charge in [-0.2, -0.15) is 5.26 Å². The Morgan fingerprint density at radius 2 is 1.94 bits per heavy atom. The van der Waals surface area contributed by atoms with Crippen LogP contribution in [0, 0.1) is 51.8 Å². The van der Waals surface area contributed by atoms with E-state index in [1.54, 1.807) is 5.57 Å². The van der Waals surface area contributed by atoms with Crippen LogP contribution in [0.15, 0.2) is 35.5 Å². The highest BCUT2D eigenvalue weighted by Gasteiger charge is 2.50. The van der Waals surface area contributed by atoms with Gasteiger partial charge in [0.1, 0.15) is 0 Å². The third-order valence-corrected chi connectivity index (χ3v) is 9.52. The minimum absolute atomic E-state index is 0.0137. The van der Waals surface area contributed by atoms with Crippen LogP contribution >= 0.6 is 0 Å². The van der Waals surface area contributed by atoms with Crippen LogP contribution in [0.3, 0.4) is 0 Å². The molecule has 178 valence electrons. The predicted molar refractivity (Wildman–Crippen MR) is 138 cm³/mol. The molecular weight excluding hydrogens is 386 g/mol. The van der Waals surface area contributed by atoms with Gasteiger partial charge in [0.05, 0.1) is 12.0 Å². The molecule has 3 saturated carbocycles. The number of nitrogens with zero attached hydrogens (tertiary/aromatic N) is 1. The molecule has 0 aromatic rings. The van der Waals surface area contributed by atoms with Crippen molar-refractivity contribution in [3.63, 3.8) is 0 Å². The predicted octanol–water partition coefficient (Wildman–Crippen LogP) is 9.42. The van der Waals surface area contributed by atoms with Gasteiger partial charge in [0.2, 0.25) is 0 Å². The van der Waals surface area contributed by atoms with E-state index in [2.05, 4.69) is 66.3 Å². The molecule has 1 nitrogen and oxygen atoms in total. The van der Waals surface area contributed by atoms with Gasteiger partial charge in [-0.3, -0.25) is 0 Å². The van der Waals surface area contributed by atoms with Crippen molar-refractivity contribution in [3.8, 4) is 6.07 Å². The maximum absolute atomic E-state index is 9.69. The lowest BCUT2D eigenvalue weighted by Gasteiger charge is -2.44. The lowest BCUT2D eigenvalue weighted by molar-refractivity contribution is 0.0920. The van der Waals surface area contributed by atoms with Crippen molar-refractivity contribution in [2.45, 2.75) is 112 Å². The van der Waals surface area contributed by atoms with Crippen LogP contribution in [0.1, 0.15) is 112 Å². The number of rotatable bonds is 6. The fourth-order valence-corrected chi connectivity index (χ4v) is 7.54. The first-order valence-corrected chi connectivity index (χ1v) is 13.6. The maximum Gasteiger partial charge on any atom is 0.0737 e. The first kappa shape index (κ1) is 25.3. The van der Waals surface area contributed by atoms with Crippen molar-refractivity contribution in [3.05, 3.63) is 35.5 Å². The second kappa shape index (κ2) is 10.3. The van der Waals surface area contributed by atoms with E-state index in [9.17, 15) is 5.26 Å². The Morgan fingerprint density at radius 1 is 1.19 bits per heavy atom. The van der Waals surface area contributed by atoms with Gasteiger partial charge in [0.15, 0.2) is 0 Å². The Balaban J connectivity index is 1.70. The molecule has 3 rings (SSSR count). The molecule has 0 aliphatic heterocycles. The highest BCUT2D eigenvalue weighted by Crippen LogP contribution is 2.60. The van der Waals surface area contributed by atoms with Crippen LogP contribution in [0.2, 0.25) is 0 Å². The summed E-state index contributed by atoms with van der Waals surface area (Å²) < 4.78 is 0. The topological polar surface area (TPSA) is 23.8 Å². The van der Waals surface area contributed by atoms with Crippen molar-refractivity contribution >= 4 is 0 Å². The van der Waals surface area contributed by atoms with Gasteiger partial charge in [0.25, 0.3) is 0 Å². The van der Waals surface area contributed by atoms with Crippen molar-refractivity contribution in [1.29, 1.82) is 5.26 Å². The number of nitriles is 1. The monoisotopic (exact) mass is 435 g/mol. The van der Waals surface area contributed by atoms with Crippen LogP contribution < -0.4 is 0 Å². The summed E-state index contributed by atoms with van der Waals surface area (Å²) in [5.41, 5.74) is 5.06. The lowest BCUT2D eigenvalue weighted by atomic mass is 9.60. The molecular formula is C31H49N. The average molecular weight is 436 g/mol. The van der Waals surface area contributed by atoms with Gasteiger partial charge < -0.3 is 0 Å². The van der Waals surface area contributed by atoms with E-state index >= 15 is 0 Å². The van der Waals surface area contributed by atoms with E-state index in [0.717, 1.165) is 42.6 Å². The molecule has 3 aliphatic rings. The second-order valence-electron chi connectivity index (χ2n) is 12.8. The fourth-order valence-electron chi connectivity index (χ4n) is 7.54. The van der Waals surface area contributed by atoms with Gasteiger partial charge in [-0.05, 0) is 97.0 Å². The Labute approximate surface area is 199 Å². The van der Waals surface area contributed by atoms with Gasteiger partial charge in [0, 0.05) is 0 Å². The van der Waals surface area contributed by atoms with Gasteiger partial charge >= 0.3 is 0 Å². The summed E-state index contributed by atoms with van der Waals surface area (Å²) in [6.45, 7) is 18.8. The largest absolute Gasteiger partial charge is 0.198 e. The first-order valence-electron chi connectivity index (χ1n) is 13.6. The molecule has 0 amide bonds. The van der Waals surface area contributed by atoms with E-state index in [0.29, 0.717) is 16.7 Å². The summed E-state index contributed by atoms with van der Waals surface area (Å²) >= 11 is 0. The fraction of sp³-hybridized carbons (Fsp3) is 0.774. The van der Waals surface area contributed by atoms with Crippen LogP contribution in [0.25, 0.3) is 0 Å². The van der Waals surface area contributed by atoms with Gasteiger partial charge in [-0.15, -0.1) is 0 Å². The van der Waals surface area contributed by atoms with E-state index in [4.69, 9.17) is 0 Å². The number of hydrogen-bond acceptors (Lipinski definition) is 1. The molecule has 0 aromatic carbocycles. The smallest absolute Gasteiger partial charge is 0.0737 e. The Bertz CT molecular complexity index is 769. The molecule has 0 spiro atoms. The molecule has 0 saturated heterocycles. The van der Waals surface area contributed by atoms with E-state index < -0.39 is 0 Å². The van der Waals surface area contributed by atoms with Gasteiger partial charge in [-0.1, -0.05) is 85.1 Å². The van der Waals surface area contributed by atoms with Crippen molar-refractivity contribution in [2.75, 3.05) is 0 Å². The number of hydrogen-bond donors (Lipinski definition) is 0. The lowest BCUT2D eigenvalue weighted by Crippen LogP contribution is -2.36. The molecule has 0 heterocycles. The zero-order valence-electron chi connectivity index (χ0n) is 22.0. The zero-order valence-corrected chi connectivity index (χ0v) is 22.0. The van der Waals surface area contributed by atoms with E-state index in [1.165, 1.54) is 56.9 Å². The molecule has 0 bridgehead atoms. The van der Waals surface area contributed by atoms with Crippen molar-refractivity contribution in [1.82, 2.24) is 0 Å². The summed E-state index contributed by atoms with van der Waals surface area (Å²) in [5.74, 6) is 2.98. The highest BCUT2D eigenvalue weighted by atomic mass is 14.5. The van der Waals surface area contributed by atoms with Crippen molar-refractivity contribution < 1.29 is 0 Å². The molecule has 3 fully saturated rings. The molecule has 6 unspecified atom stereocenters. The summed E-state index contributed by atoms with van der Waals surface area (Å²) in [6, 6.07) is 2.55. The Kier molecular flexibility index (Phi) is 8.17. The molecule has 0 N–H and O–H groups in total. The molecule has 32 heavy (non-hydrogen) atoms.